The highest BCUT2D eigenvalue weighted by Gasteiger charge is 2.63. The summed E-state index contributed by atoms with van der Waals surface area (Å²) in [6.07, 6.45) is 14.1. The van der Waals surface area contributed by atoms with Crippen LogP contribution in [0.25, 0.3) is 0 Å². The van der Waals surface area contributed by atoms with Crippen LogP contribution in [0.2, 0.25) is 18.1 Å². The number of hydrogen-bond acceptors (Lipinski definition) is 1. The smallest absolute Gasteiger partial charge is 0.192 e. The van der Waals surface area contributed by atoms with Crippen molar-refractivity contribution in [1.29, 1.82) is 0 Å². The summed E-state index contributed by atoms with van der Waals surface area (Å²) in [6, 6.07) is 0. The SMILES string of the molecule is CC(C)(C)[Si](C)(C)O[C@H]1CCC2C3CC[C@H]4C[C@@H]5C[C@@H]5C[C@]4(C)C3CC[C@@]21C. The van der Waals surface area contributed by atoms with Gasteiger partial charge in [-0.05, 0) is 122 Å². The lowest BCUT2D eigenvalue weighted by Crippen LogP contribution is -2.55. The molecule has 5 fully saturated rings. The molecule has 0 aromatic carbocycles. The van der Waals surface area contributed by atoms with Gasteiger partial charge in [0, 0.05) is 0 Å². The van der Waals surface area contributed by atoms with Crippen LogP contribution in [0, 0.1) is 46.3 Å². The molecule has 0 aromatic rings. The van der Waals surface area contributed by atoms with E-state index in [2.05, 4.69) is 47.7 Å². The van der Waals surface area contributed by atoms with Crippen LogP contribution in [0.3, 0.4) is 0 Å². The second kappa shape index (κ2) is 6.12. The third-order valence-corrected chi connectivity index (χ3v) is 16.1. The summed E-state index contributed by atoms with van der Waals surface area (Å²) in [5.74, 6) is 6.28. The second-order valence-corrected chi connectivity index (χ2v) is 18.6. The van der Waals surface area contributed by atoms with E-state index in [4.69, 9.17) is 4.43 Å². The predicted octanol–water partition coefficient (Wildman–Crippen LogP) is 7.67. The first-order valence-corrected chi connectivity index (χ1v) is 15.5. The first-order valence-electron chi connectivity index (χ1n) is 12.6. The zero-order chi connectivity index (χ0) is 20.1. The van der Waals surface area contributed by atoms with Crippen LogP contribution in [0.5, 0.6) is 0 Å². The Bertz CT molecular complexity index is 635. The van der Waals surface area contributed by atoms with E-state index in [9.17, 15) is 0 Å². The van der Waals surface area contributed by atoms with Crippen molar-refractivity contribution in [3.8, 4) is 0 Å². The molecule has 0 amide bonds. The van der Waals surface area contributed by atoms with Crippen molar-refractivity contribution in [2.75, 3.05) is 0 Å². The molecular formula is C26H46OSi. The molecule has 0 spiro atoms. The first kappa shape index (κ1) is 20.1. The van der Waals surface area contributed by atoms with Gasteiger partial charge < -0.3 is 4.43 Å². The molecule has 9 atom stereocenters. The fourth-order valence-electron chi connectivity index (χ4n) is 8.70. The van der Waals surface area contributed by atoms with Crippen LogP contribution in [-0.2, 0) is 4.43 Å². The lowest BCUT2D eigenvalue weighted by atomic mass is 9.45. The molecule has 0 saturated heterocycles. The molecule has 5 rings (SSSR count). The van der Waals surface area contributed by atoms with Crippen LogP contribution in [-0.4, -0.2) is 14.4 Å². The average molecular weight is 403 g/mol. The third kappa shape index (κ3) is 2.79. The quantitative estimate of drug-likeness (QED) is 0.431. The highest BCUT2D eigenvalue weighted by atomic mass is 28.4. The Morgan fingerprint density at radius 3 is 2.25 bits per heavy atom. The van der Waals surface area contributed by atoms with E-state index in [1.54, 1.807) is 25.7 Å². The Kier molecular flexibility index (Phi) is 4.39. The Balaban J connectivity index is 1.37. The minimum absolute atomic E-state index is 0.326. The number of fused-ring (bicyclic) bond motifs is 6. The molecule has 0 N–H and O–H groups in total. The molecular weight excluding hydrogens is 356 g/mol. The molecule has 0 aliphatic heterocycles. The molecule has 3 unspecified atom stereocenters. The molecule has 0 bridgehead atoms. The maximum atomic E-state index is 7.11. The lowest BCUT2D eigenvalue weighted by molar-refractivity contribution is -0.120. The zero-order valence-corrected chi connectivity index (χ0v) is 20.8. The molecule has 0 radical (unpaired) electrons. The minimum Gasteiger partial charge on any atom is -0.413 e. The molecule has 5 aliphatic rings. The van der Waals surface area contributed by atoms with Crippen molar-refractivity contribution >= 4 is 8.32 Å². The van der Waals surface area contributed by atoms with Gasteiger partial charge in [-0.3, -0.25) is 0 Å². The summed E-state index contributed by atoms with van der Waals surface area (Å²) in [5, 5.41) is 0.326. The molecule has 1 nitrogen and oxygen atoms in total. The second-order valence-electron chi connectivity index (χ2n) is 13.8. The summed E-state index contributed by atoms with van der Waals surface area (Å²) < 4.78 is 7.11. The Morgan fingerprint density at radius 1 is 0.821 bits per heavy atom. The monoisotopic (exact) mass is 402 g/mol. The van der Waals surface area contributed by atoms with E-state index >= 15 is 0 Å². The predicted molar refractivity (Wildman–Crippen MR) is 121 cm³/mol. The summed E-state index contributed by atoms with van der Waals surface area (Å²) in [5.41, 5.74) is 1.14. The summed E-state index contributed by atoms with van der Waals surface area (Å²) >= 11 is 0. The van der Waals surface area contributed by atoms with Gasteiger partial charge >= 0.3 is 0 Å². The molecule has 28 heavy (non-hydrogen) atoms. The third-order valence-electron chi connectivity index (χ3n) is 11.6. The van der Waals surface area contributed by atoms with Crippen molar-refractivity contribution in [3.63, 3.8) is 0 Å². The van der Waals surface area contributed by atoms with Crippen molar-refractivity contribution < 1.29 is 4.43 Å². The van der Waals surface area contributed by atoms with Crippen LogP contribution in [0.4, 0.5) is 0 Å². The van der Waals surface area contributed by atoms with E-state index in [0.29, 0.717) is 22.0 Å². The fraction of sp³-hybridized carbons (Fsp3) is 1.00. The number of rotatable bonds is 2. The highest BCUT2D eigenvalue weighted by molar-refractivity contribution is 6.74. The van der Waals surface area contributed by atoms with Gasteiger partial charge in [0.15, 0.2) is 8.32 Å². The molecule has 0 aromatic heterocycles. The normalized spacial score (nSPS) is 53.0. The fourth-order valence-corrected chi connectivity index (χ4v) is 10.1. The van der Waals surface area contributed by atoms with Crippen molar-refractivity contribution in [1.82, 2.24) is 0 Å². The van der Waals surface area contributed by atoms with Gasteiger partial charge in [0.05, 0.1) is 6.10 Å². The van der Waals surface area contributed by atoms with E-state index in [-0.39, 0.29) is 0 Å². The van der Waals surface area contributed by atoms with E-state index in [1.807, 2.05) is 0 Å². The van der Waals surface area contributed by atoms with Crippen molar-refractivity contribution in [3.05, 3.63) is 0 Å². The van der Waals surface area contributed by atoms with Gasteiger partial charge in [0.1, 0.15) is 0 Å². The lowest BCUT2D eigenvalue weighted by Gasteiger charge is -2.60. The number of hydrogen-bond donors (Lipinski definition) is 0. The molecule has 5 aliphatic carbocycles. The summed E-state index contributed by atoms with van der Waals surface area (Å²) in [7, 11) is -1.68. The molecule has 5 saturated carbocycles. The summed E-state index contributed by atoms with van der Waals surface area (Å²) in [6.45, 7) is 17.5. The Labute approximate surface area is 175 Å². The summed E-state index contributed by atoms with van der Waals surface area (Å²) in [4.78, 5) is 0. The maximum absolute atomic E-state index is 7.11. The molecule has 0 heterocycles. The van der Waals surface area contributed by atoms with E-state index in [0.717, 1.165) is 35.5 Å². The first-order chi connectivity index (χ1) is 13.0. The van der Waals surface area contributed by atoms with Gasteiger partial charge in [-0.1, -0.05) is 34.6 Å². The molecule has 2 heteroatoms. The van der Waals surface area contributed by atoms with Gasteiger partial charge in [-0.25, -0.2) is 0 Å². The van der Waals surface area contributed by atoms with Gasteiger partial charge in [-0.2, -0.15) is 0 Å². The topological polar surface area (TPSA) is 9.23 Å². The van der Waals surface area contributed by atoms with Crippen LogP contribution >= 0.6 is 0 Å². The van der Waals surface area contributed by atoms with Gasteiger partial charge in [-0.15, -0.1) is 0 Å². The van der Waals surface area contributed by atoms with Gasteiger partial charge in [0.2, 0.25) is 0 Å². The molecule has 160 valence electrons. The van der Waals surface area contributed by atoms with E-state index < -0.39 is 8.32 Å². The van der Waals surface area contributed by atoms with Crippen molar-refractivity contribution in [2.24, 2.45) is 46.3 Å². The van der Waals surface area contributed by atoms with Gasteiger partial charge in [0.25, 0.3) is 0 Å². The van der Waals surface area contributed by atoms with Crippen LogP contribution < -0.4 is 0 Å². The maximum Gasteiger partial charge on any atom is 0.192 e. The van der Waals surface area contributed by atoms with Crippen LogP contribution in [0.15, 0.2) is 0 Å². The van der Waals surface area contributed by atoms with Crippen molar-refractivity contribution in [2.45, 2.75) is 117 Å². The van der Waals surface area contributed by atoms with E-state index in [1.165, 1.54) is 32.1 Å². The largest absolute Gasteiger partial charge is 0.413 e. The average Bonchev–Trinajstić information content (AvgIpc) is 3.25. The standard InChI is InChI=1S/C26H46OSi/c1-24(2,3)28(6,7)27-23-11-10-21-20-9-8-19-15-17-14-18(17)16-26(19,5)22(20)12-13-25(21,23)4/h17-23H,8-16H2,1-7H3/t17-,18+,19-,20?,21?,22?,23-,25-,26-/m0/s1. The minimum atomic E-state index is -1.68. The van der Waals surface area contributed by atoms with Crippen LogP contribution in [0.1, 0.15) is 92.4 Å². The Hall–Kier alpha value is 0.177. The highest BCUT2D eigenvalue weighted by Crippen LogP contribution is 2.70. The zero-order valence-electron chi connectivity index (χ0n) is 19.8. The Morgan fingerprint density at radius 2 is 1.54 bits per heavy atom.